The second-order valence-electron chi connectivity index (χ2n) is 5.97. The fourth-order valence-electron chi connectivity index (χ4n) is 2.74. The number of carboxylic acids is 1. The SMILES string of the molecule is O=C(Nc1ccc(CNC(=O)C2CCC2C(=O)O)cc1)c1ccco1. The predicted molar refractivity (Wildman–Crippen MR) is 88.8 cm³/mol. The summed E-state index contributed by atoms with van der Waals surface area (Å²) < 4.78 is 5.02. The molecule has 1 aromatic heterocycles. The molecule has 0 spiro atoms. The van der Waals surface area contributed by atoms with Crippen LogP contribution in [0.15, 0.2) is 47.1 Å². The number of benzene rings is 1. The van der Waals surface area contributed by atoms with Gasteiger partial charge in [0.2, 0.25) is 5.91 Å². The third-order valence-corrected chi connectivity index (χ3v) is 4.35. The third-order valence-electron chi connectivity index (χ3n) is 4.35. The maximum Gasteiger partial charge on any atom is 0.307 e. The van der Waals surface area contributed by atoms with Crippen molar-refractivity contribution < 1.29 is 23.9 Å². The molecule has 7 heteroatoms. The molecule has 1 aromatic carbocycles. The lowest BCUT2D eigenvalue weighted by Crippen LogP contribution is -2.43. The van der Waals surface area contributed by atoms with Crippen molar-refractivity contribution in [2.75, 3.05) is 5.32 Å². The van der Waals surface area contributed by atoms with Gasteiger partial charge in [-0.15, -0.1) is 0 Å². The van der Waals surface area contributed by atoms with Crippen LogP contribution in [0.4, 0.5) is 5.69 Å². The van der Waals surface area contributed by atoms with Crippen LogP contribution >= 0.6 is 0 Å². The summed E-state index contributed by atoms with van der Waals surface area (Å²) in [5.74, 6) is -2.26. The molecule has 130 valence electrons. The first-order valence-electron chi connectivity index (χ1n) is 7.99. The Labute approximate surface area is 144 Å². The minimum absolute atomic E-state index is 0.227. The summed E-state index contributed by atoms with van der Waals surface area (Å²) in [6.45, 7) is 0.314. The van der Waals surface area contributed by atoms with Gasteiger partial charge in [0.05, 0.1) is 18.1 Å². The monoisotopic (exact) mass is 342 g/mol. The molecule has 2 amide bonds. The summed E-state index contributed by atoms with van der Waals surface area (Å²) >= 11 is 0. The number of carboxylic acid groups (broad SMARTS) is 1. The van der Waals surface area contributed by atoms with Crippen LogP contribution in [0.5, 0.6) is 0 Å². The van der Waals surface area contributed by atoms with Crippen molar-refractivity contribution in [1.29, 1.82) is 0 Å². The quantitative estimate of drug-likeness (QED) is 0.746. The van der Waals surface area contributed by atoms with E-state index in [1.165, 1.54) is 6.26 Å². The number of nitrogens with one attached hydrogen (secondary N) is 2. The topological polar surface area (TPSA) is 109 Å². The van der Waals surface area contributed by atoms with Crippen molar-refractivity contribution in [2.24, 2.45) is 11.8 Å². The fraction of sp³-hybridized carbons (Fsp3) is 0.278. The number of carbonyl (C=O) groups excluding carboxylic acids is 2. The Bertz CT molecular complexity index is 767. The Hall–Kier alpha value is -3.09. The van der Waals surface area contributed by atoms with Gasteiger partial charge in [0.1, 0.15) is 0 Å². The molecule has 1 aliphatic carbocycles. The zero-order valence-electron chi connectivity index (χ0n) is 13.4. The Morgan fingerprint density at radius 3 is 2.36 bits per heavy atom. The van der Waals surface area contributed by atoms with Crippen molar-refractivity contribution in [3.63, 3.8) is 0 Å². The largest absolute Gasteiger partial charge is 0.481 e. The molecule has 25 heavy (non-hydrogen) atoms. The van der Waals surface area contributed by atoms with Crippen LogP contribution in [0.25, 0.3) is 0 Å². The Morgan fingerprint density at radius 1 is 1.08 bits per heavy atom. The van der Waals surface area contributed by atoms with Crippen LogP contribution < -0.4 is 10.6 Å². The number of furan rings is 1. The summed E-state index contributed by atoms with van der Waals surface area (Å²) in [6, 6.07) is 10.2. The van der Waals surface area contributed by atoms with Gasteiger partial charge in [0.25, 0.3) is 5.91 Å². The minimum atomic E-state index is -0.914. The molecular formula is C18H18N2O5. The van der Waals surface area contributed by atoms with Crippen LogP contribution in [0.2, 0.25) is 0 Å². The molecule has 1 saturated carbocycles. The van der Waals surface area contributed by atoms with Crippen LogP contribution in [0.3, 0.4) is 0 Å². The number of anilines is 1. The first-order valence-corrected chi connectivity index (χ1v) is 7.99. The van der Waals surface area contributed by atoms with E-state index in [1.54, 1.807) is 36.4 Å². The lowest BCUT2D eigenvalue weighted by Gasteiger charge is -2.31. The van der Waals surface area contributed by atoms with Crippen LogP contribution in [-0.4, -0.2) is 22.9 Å². The number of carbonyl (C=O) groups is 3. The van der Waals surface area contributed by atoms with Crippen LogP contribution in [0.1, 0.15) is 29.0 Å². The molecule has 1 fully saturated rings. The molecule has 1 heterocycles. The van der Waals surface area contributed by atoms with Gasteiger partial charge >= 0.3 is 5.97 Å². The van der Waals surface area contributed by atoms with E-state index in [2.05, 4.69) is 10.6 Å². The number of hydrogen-bond acceptors (Lipinski definition) is 4. The number of rotatable bonds is 6. The molecule has 0 radical (unpaired) electrons. The summed E-state index contributed by atoms with van der Waals surface area (Å²) in [5, 5.41) is 14.5. The van der Waals surface area contributed by atoms with Crippen LogP contribution in [-0.2, 0) is 16.1 Å². The van der Waals surface area contributed by atoms with E-state index in [9.17, 15) is 14.4 Å². The summed E-state index contributed by atoms with van der Waals surface area (Å²) in [4.78, 5) is 34.8. The molecule has 2 atom stereocenters. The fourth-order valence-corrected chi connectivity index (χ4v) is 2.74. The lowest BCUT2D eigenvalue weighted by atomic mass is 9.73. The summed E-state index contributed by atoms with van der Waals surface area (Å²) in [6.07, 6.45) is 2.59. The molecule has 3 N–H and O–H groups in total. The maximum atomic E-state index is 12.0. The lowest BCUT2D eigenvalue weighted by molar-refractivity contribution is -0.152. The Balaban J connectivity index is 1.50. The number of amides is 2. The highest BCUT2D eigenvalue weighted by Crippen LogP contribution is 2.34. The molecule has 0 saturated heterocycles. The minimum Gasteiger partial charge on any atom is -0.481 e. The maximum absolute atomic E-state index is 12.0. The predicted octanol–water partition coefficient (Wildman–Crippen LogP) is 2.26. The third kappa shape index (κ3) is 3.88. The van der Waals surface area contributed by atoms with Gasteiger partial charge in [-0.1, -0.05) is 12.1 Å². The van der Waals surface area contributed by atoms with Gasteiger partial charge in [0, 0.05) is 12.2 Å². The molecular weight excluding hydrogens is 324 g/mol. The Kier molecular flexibility index (Phi) is 4.83. The Morgan fingerprint density at radius 2 is 1.80 bits per heavy atom. The van der Waals surface area contributed by atoms with Gasteiger partial charge in [-0.05, 0) is 42.7 Å². The van der Waals surface area contributed by atoms with Gasteiger partial charge in [-0.3, -0.25) is 14.4 Å². The van der Waals surface area contributed by atoms with E-state index in [0.717, 1.165) is 5.56 Å². The van der Waals surface area contributed by atoms with E-state index in [-0.39, 0.29) is 17.6 Å². The average molecular weight is 342 g/mol. The zero-order valence-corrected chi connectivity index (χ0v) is 13.4. The average Bonchev–Trinajstić information content (AvgIpc) is 3.07. The standard InChI is InChI=1S/C18H18N2O5/c21-16(13-7-8-14(13)18(23)24)19-10-11-3-5-12(6-4-11)20-17(22)15-2-1-9-25-15/h1-6,9,13-14H,7-8,10H2,(H,19,21)(H,20,22)(H,23,24). The van der Waals surface area contributed by atoms with E-state index in [0.29, 0.717) is 25.1 Å². The smallest absolute Gasteiger partial charge is 0.307 e. The normalized spacial score (nSPS) is 18.9. The molecule has 0 aliphatic heterocycles. The highest BCUT2D eigenvalue weighted by molar-refractivity contribution is 6.02. The molecule has 0 bridgehead atoms. The summed E-state index contributed by atoms with van der Waals surface area (Å²) in [7, 11) is 0. The summed E-state index contributed by atoms with van der Waals surface area (Å²) in [5.41, 5.74) is 1.47. The van der Waals surface area contributed by atoms with E-state index in [4.69, 9.17) is 9.52 Å². The first-order chi connectivity index (χ1) is 12.0. The van der Waals surface area contributed by atoms with Crippen molar-refractivity contribution >= 4 is 23.5 Å². The molecule has 2 unspecified atom stereocenters. The second-order valence-corrected chi connectivity index (χ2v) is 5.97. The van der Waals surface area contributed by atoms with Crippen molar-refractivity contribution in [2.45, 2.75) is 19.4 Å². The van der Waals surface area contributed by atoms with Crippen LogP contribution in [0, 0.1) is 11.8 Å². The van der Waals surface area contributed by atoms with Crippen molar-refractivity contribution in [1.82, 2.24) is 5.32 Å². The zero-order chi connectivity index (χ0) is 17.8. The van der Waals surface area contributed by atoms with E-state index >= 15 is 0 Å². The van der Waals surface area contributed by atoms with Gasteiger partial charge in [-0.25, -0.2) is 0 Å². The molecule has 7 nitrogen and oxygen atoms in total. The number of aliphatic carboxylic acids is 1. The molecule has 2 aromatic rings. The van der Waals surface area contributed by atoms with E-state index < -0.39 is 17.8 Å². The first kappa shape index (κ1) is 16.8. The molecule has 1 aliphatic rings. The van der Waals surface area contributed by atoms with E-state index in [1.807, 2.05) is 0 Å². The van der Waals surface area contributed by atoms with Crippen molar-refractivity contribution in [3.8, 4) is 0 Å². The highest BCUT2D eigenvalue weighted by Gasteiger charge is 2.41. The van der Waals surface area contributed by atoms with Crippen molar-refractivity contribution in [3.05, 3.63) is 54.0 Å². The molecule has 3 rings (SSSR count). The highest BCUT2D eigenvalue weighted by atomic mass is 16.4. The van der Waals surface area contributed by atoms with Gasteiger partial charge in [-0.2, -0.15) is 0 Å². The van der Waals surface area contributed by atoms with Gasteiger partial charge in [0.15, 0.2) is 5.76 Å². The number of hydrogen-bond donors (Lipinski definition) is 3. The second kappa shape index (κ2) is 7.21. The van der Waals surface area contributed by atoms with Gasteiger partial charge < -0.3 is 20.2 Å².